The third kappa shape index (κ3) is 2.17. The van der Waals surface area contributed by atoms with E-state index in [0.717, 1.165) is 25.9 Å². The molecule has 1 saturated heterocycles. The molecule has 0 aliphatic carbocycles. The Balaban J connectivity index is 2.57. The highest BCUT2D eigenvalue weighted by atomic mass is 32.1. The number of hydrogen-bond acceptors (Lipinski definition) is 2. The molecule has 3 heteroatoms. The summed E-state index contributed by atoms with van der Waals surface area (Å²) in [5.41, 5.74) is 5.63. The van der Waals surface area contributed by atoms with Crippen molar-refractivity contribution >= 4 is 17.2 Å². The fraction of sp³-hybridized carbons (Fsp3) is 0.889. The molecule has 0 aromatic rings. The van der Waals surface area contributed by atoms with Crippen molar-refractivity contribution in [2.75, 3.05) is 6.61 Å². The third-order valence-electron chi connectivity index (χ3n) is 2.75. The minimum atomic E-state index is 0.00630. The molecule has 1 aliphatic rings. The Morgan fingerprint density at radius 2 is 2.42 bits per heavy atom. The second kappa shape index (κ2) is 3.71. The zero-order valence-corrected chi connectivity index (χ0v) is 8.62. The zero-order chi connectivity index (χ0) is 9.19. The van der Waals surface area contributed by atoms with Crippen LogP contribution in [0, 0.1) is 5.92 Å². The number of nitrogens with two attached hydrogens (primary N) is 1. The molecule has 1 fully saturated rings. The summed E-state index contributed by atoms with van der Waals surface area (Å²) in [4.78, 5) is 0.651. The standard InChI is InChI=1S/C9H17NOS/c1-3-9(2)6-7(8(10)12)4-5-11-9/h7H,3-6H2,1-2H3,(H2,10,12)/t7-,9-/m1/s1. The minimum Gasteiger partial charge on any atom is -0.393 e. The van der Waals surface area contributed by atoms with Crippen molar-refractivity contribution in [3.8, 4) is 0 Å². The van der Waals surface area contributed by atoms with Gasteiger partial charge in [0.15, 0.2) is 0 Å². The SMILES string of the molecule is CC[C@]1(C)C[C@H](C(N)=S)CCO1. The van der Waals surface area contributed by atoms with Crippen LogP contribution in [0.25, 0.3) is 0 Å². The first-order valence-corrected chi connectivity index (χ1v) is 4.91. The van der Waals surface area contributed by atoms with Crippen molar-refractivity contribution in [1.82, 2.24) is 0 Å². The van der Waals surface area contributed by atoms with Gasteiger partial charge in [-0.05, 0) is 26.2 Å². The van der Waals surface area contributed by atoms with Crippen LogP contribution >= 0.6 is 12.2 Å². The van der Waals surface area contributed by atoms with Crippen LogP contribution in [-0.2, 0) is 4.74 Å². The van der Waals surface area contributed by atoms with Crippen LogP contribution in [0.4, 0.5) is 0 Å². The summed E-state index contributed by atoms with van der Waals surface area (Å²) < 4.78 is 5.68. The van der Waals surface area contributed by atoms with Crippen molar-refractivity contribution in [3.05, 3.63) is 0 Å². The van der Waals surface area contributed by atoms with Crippen LogP contribution in [0.2, 0.25) is 0 Å². The maximum absolute atomic E-state index is 5.68. The van der Waals surface area contributed by atoms with E-state index in [0.29, 0.717) is 10.9 Å². The average Bonchev–Trinajstić information content (AvgIpc) is 2.05. The van der Waals surface area contributed by atoms with Crippen LogP contribution in [-0.4, -0.2) is 17.2 Å². The lowest BCUT2D eigenvalue weighted by Crippen LogP contribution is -2.40. The van der Waals surface area contributed by atoms with Crippen molar-refractivity contribution in [2.24, 2.45) is 11.7 Å². The first-order chi connectivity index (χ1) is 5.57. The molecule has 0 bridgehead atoms. The molecule has 0 radical (unpaired) electrons. The van der Waals surface area contributed by atoms with E-state index in [1.807, 2.05) is 0 Å². The van der Waals surface area contributed by atoms with Gasteiger partial charge < -0.3 is 10.5 Å². The molecule has 1 heterocycles. The first-order valence-electron chi connectivity index (χ1n) is 4.50. The summed E-state index contributed by atoms with van der Waals surface area (Å²) in [5, 5.41) is 0. The summed E-state index contributed by atoms with van der Waals surface area (Å²) >= 11 is 4.99. The van der Waals surface area contributed by atoms with Gasteiger partial charge in [-0.3, -0.25) is 0 Å². The van der Waals surface area contributed by atoms with Crippen LogP contribution in [0.3, 0.4) is 0 Å². The van der Waals surface area contributed by atoms with E-state index < -0.39 is 0 Å². The Labute approximate surface area is 79.5 Å². The van der Waals surface area contributed by atoms with Crippen molar-refractivity contribution in [2.45, 2.75) is 38.7 Å². The van der Waals surface area contributed by atoms with Crippen LogP contribution < -0.4 is 5.73 Å². The number of thiocarbonyl (C=S) groups is 1. The van der Waals surface area contributed by atoms with Gasteiger partial charge in [0.05, 0.1) is 10.6 Å². The van der Waals surface area contributed by atoms with Gasteiger partial charge in [0.25, 0.3) is 0 Å². The van der Waals surface area contributed by atoms with Gasteiger partial charge in [0, 0.05) is 12.5 Å². The van der Waals surface area contributed by atoms with E-state index in [4.69, 9.17) is 22.7 Å². The maximum atomic E-state index is 5.68. The van der Waals surface area contributed by atoms with E-state index >= 15 is 0 Å². The summed E-state index contributed by atoms with van der Waals surface area (Å²) in [6.07, 6.45) is 3.01. The highest BCUT2D eigenvalue weighted by molar-refractivity contribution is 7.80. The van der Waals surface area contributed by atoms with Gasteiger partial charge in [0.1, 0.15) is 0 Å². The number of hydrogen-bond donors (Lipinski definition) is 1. The fourth-order valence-corrected chi connectivity index (χ4v) is 1.82. The zero-order valence-electron chi connectivity index (χ0n) is 7.80. The topological polar surface area (TPSA) is 35.2 Å². The van der Waals surface area contributed by atoms with Crippen LogP contribution in [0.15, 0.2) is 0 Å². The highest BCUT2D eigenvalue weighted by Crippen LogP contribution is 2.31. The van der Waals surface area contributed by atoms with Gasteiger partial charge in [-0.2, -0.15) is 0 Å². The van der Waals surface area contributed by atoms with E-state index in [1.165, 1.54) is 0 Å². The average molecular weight is 187 g/mol. The summed E-state index contributed by atoms with van der Waals surface area (Å²) in [6, 6.07) is 0. The lowest BCUT2D eigenvalue weighted by Gasteiger charge is -2.37. The predicted octanol–water partition coefficient (Wildman–Crippen LogP) is 1.87. The van der Waals surface area contributed by atoms with Crippen molar-refractivity contribution < 1.29 is 4.74 Å². The molecule has 0 spiro atoms. The molecule has 2 nitrogen and oxygen atoms in total. The summed E-state index contributed by atoms with van der Waals surface area (Å²) in [5.74, 6) is 0.388. The molecular weight excluding hydrogens is 170 g/mol. The van der Waals surface area contributed by atoms with E-state index in [-0.39, 0.29) is 5.60 Å². The first kappa shape index (κ1) is 9.93. The smallest absolute Gasteiger partial charge is 0.0760 e. The van der Waals surface area contributed by atoms with Gasteiger partial charge in [-0.15, -0.1) is 0 Å². The normalized spacial score (nSPS) is 36.3. The maximum Gasteiger partial charge on any atom is 0.0760 e. The fourth-order valence-electron chi connectivity index (χ4n) is 1.62. The Morgan fingerprint density at radius 1 is 1.75 bits per heavy atom. The van der Waals surface area contributed by atoms with Crippen molar-refractivity contribution in [3.63, 3.8) is 0 Å². The molecule has 0 aromatic carbocycles. The third-order valence-corrected chi connectivity index (χ3v) is 3.08. The molecule has 0 aromatic heterocycles. The second-order valence-corrected chi connectivity index (χ2v) is 4.22. The molecule has 1 rings (SSSR count). The highest BCUT2D eigenvalue weighted by Gasteiger charge is 2.32. The van der Waals surface area contributed by atoms with E-state index in [2.05, 4.69) is 13.8 Å². The van der Waals surface area contributed by atoms with Gasteiger partial charge >= 0.3 is 0 Å². The van der Waals surface area contributed by atoms with Gasteiger partial charge in [0.2, 0.25) is 0 Å². The van der Waals surface area contributed by atoms with E-state index in [1.54, 1.807) is 0 Å². The lowest BCUT2D eigenvalue weighted by atomic mass is 9.85. The Bertz CT molecular complexity index is 183. The quantitative estimate of drug-likeness (QED) is 0.670. The molecule has 12 heavy (non-hydrogen) atoms. The molecule has 0 unspecified atom stereocenters. The Morgan fingerprint density at radius 3 is 2.92 bits per heavy atom. The molecular formula is C9H17NOS. The van der Waals surface area contributed by atoms with Gasteiger partial charge in [-0.25, -0.2) is 0 Å². The Hall–Kier alpha value is -0.150. The Kier molecular flexibility index (Phi) is 3.07. The van der Waals surface area contributed by atoms with Crippen molar-refractivity contribution in [1.29, 1.82) is 0 Å². The molecule has 2 N–H and O–H groups in total. The molecule has 70 valence electrons. The van der Waals surface area contributed by atoms with E-state index in [9.17, 15) is 0 Å². The molecule has 0 amide bonds. The van der Waals surface area contributed by atoms with Crippen LogP contribution in [0.5, 0.6) is 0 Å². The molecule has 2 atom stereocenters. The number of rotatable bonds is 2. The second-order valence-electron chi connectivity index (χ2n) is 3.74. The summed E-state index contributed by atoms with van der Waals surface area (Å²) in [6.45, 7) is 5.08. The minimum absolute atomic E-state index is 0.00630. The summed E-state index contributed by atoms with van der Waals surface area (Å²) in [7, 11) is 0. The van der Waals surface area contributed by atoms with Gasteiger partial charge in [-0.1, -0.05) is 19.1 Å². The van der Waals surface area contributed by atoms with Crippen LogP contribution in [0.1, 0.15) is 33.1 Å². The number of ether oxygens (including phenoxy) is 1. The lowest BCUT2D eigenvalue weighted by molar-refractivity contribution is -0.0766. The molecule has 0 saturated carbocycles. The molecule has 1 aliphatic heterocycles. The monoisotopic (exact) mass is 187 g/mol. The largest absolute Gasteiger partial charge is 0.393 e. The predicted molar refractivity (Wildman–Crippen MR) is 54.2 cm³/mol.